The molecule has 4 rings (SSSR count). The van der Waals surface area contributed by atoms with Crippen molar-refractivity contribution in [2.45, 2.75) is 183 Å². The van der Waals surface area contributed by atoms with E-state index < -0.39 is 169 Å². The third-order valence-electron chi connectivity index (χ3n) is 16.0. The van der Waals surface area contributed by atoms with Crippen LogP contribution in [0.15, 0.2) is 65.7 Å². The van der Waals surface area contributed by atoms with Crippen molar-refractivity contribution < 1.29 is 62.3 Å². The van der Waals surface area contributed by atoms with Crippen molar-refractivity contribution in [2.75, 3.05) is 44.7 Å². The van der Waals surface area contributed by atoms with E-state index in [9.17, 15) is 62.3 Å². The van der Waals surface area contributed by atoms with Gasteiger partial charge in [-0.2, -0.15) is 11.8 Å². The third-order valence-corrected chi connectivity index (χ3v) is 16.7. The molecule has 32 heteroatoms. The third kappa shape index (κ3) is 27.5. The Bertz CT molecular complexity index is 2960. The summed E-state index contributed by atoms with van der Waals surface area (Å²) >= 11 is 1.45. The maximum Gasteiger partial charge on any atom is 0.245 e. The van der Waals surface area contributed by atoms with Gasteiger partial charge in [-0.15, -0.1) is 0 Å². The lowest BCUT2D eigenvalue weighted by molar-refractivity contribution is -0.144. The number of carbonyl (C=O) groups is 13. The molecule has 0 aliphatic carbocycles. The fraction of sp³-hybridized carbons (Fsp3) is 0.587. The molecule has 0 unspecified atom stereocenters. The molecule has 2 aromatic rings. The van der Waals surface area contributed by atoms with Gasteiger partial charge in [0.05, 0.1) is 12.6 Å². The fourth-order valence-electron chi connectivity index (χ4n) is 11.0. The monoisotopic (exact) mass is 1350 g/mol. The minimum Gasteiger partial charge on any atom is -0.370 e. The highest BCUT2D eigenvalue weighted by atomic mass is 32.2. The predicted molar refractivity (Wildman–Crippen MR) is 356 cm³/mol. The van der Waals surface area contributed by atoms with Gasteiger partial charge in [0.15, 0.2) is 5.96 Å². The van der Waals surface area contributed by atoms with Crippen molar-refractivity contribution in [3.8, 4) is 0 Å². The van der Waals surface area contributed by atoms with E-state index in [0.29, 0.717) is 55.4 Å². The number of nitrogens with zero attached hydrogens (tertiary/aromatic N) is 3. The zero-order valence-electron chi connectivity index (χ0n) is 54.5. The number of guanidine groups is 1. The Hall–Kier alpha value is -8.91. The van der Waals surface area contributed by atoms with E-state index in [0.717, 1.165) is 0 Å². The van der Waals surface area contributed by atoms with E-state index >= 15 is 0 Å². The van der Waals surface area contributed by atoms with Crippen LogP contribution in [0, 0.1) is 5.92 Å². The summed E-state index contributed by atoms with van der Waals surface area (Å²) in [7, 11) is 0. The molecular weight excluding hydrogens is 1250 g/mol. The second-order valence-corrected chi connectivity index (χ2v) is 25.1. The molecule has 0 aromatic heterocycles. The minimum atomic E-state index is -1.64. The number of hydrogen-bond donors (Lipinski definition) is 15. The van der Waals surface area contributed by atoms with E-state index in [-0.39, 0.29) is 83.0 Å². The van der Waals surface area contributed by atoms with Crippen LogP contribution in [-0.4, -0.2) is 198 Å². The lowest BCUT2D eigenvalue weighted by atomic mass is 10.0. The van der Waals surface area contributed by atoms with Gasteiger partial charge < -0.3 is 92.5 Å². The standard InChI is InChI=1S/C63H98N18O13S/c1-37(2)33-45(57(89)74-41(53(68)85)27-32-95-3)73-52(84)36-72-54(86)46(34-38-15-6-4-7-16-38)78-58(90)47(35-39-17-8-5-9-18-39)79-56(88)42(23-25-50(66)82)75-55(87)43(24-26-51(67)83)76-59(91)49-22-14-31-81(49)62(94)44(20-10-11-28-64)77-60(92)48-21-13-30-80(48)61(93)40(65)19-12-29-71-63(69)70/h4-9,15-18,37,40-49H,10-14,19-36,64-65H2,1-3H3,(H2,66,82)(H2,67,83)(H2,68,85)(H,72,86)(H,73,84)(H,74,89)(H,75,87)(H,76,91)(H,77,92)(H,78,90)(H,79,88)(H4,69,70,71)/t40-,41+,42-,43-,44-,45-,46-,47-,48-,49-/m1/s1. The molecule has 2 aromatic carbocycles. The van der Waals surface area contributed by atoms with Crippen LogP contribution in [0.2, 0.25) is 0 Å². The first-order valence-electron chi connectivity index (χ1n) is 32.2. The molecule has 22 N–H and O–H groups in total. The average Bonchev–Trinajstić information content (AvgIpc) is 1.74. The normalized spacial score (nSPS) is 16.8. The van der Waals surface area contributed by atoms with Gasteiger partial charge in [-0.3, -0.25) is 67.3 Å². The minimum absolute atomic E-state index is 0.0736. The Morgan fingerprint density at radius 1 is 0.537 bits per heavy atom. The predicted octanol–water partition coefficient (Wildman–Crippen LogP) is -3.71. The van der Waals surface area contributed by atoms with E-state index in [1.807, 2.05) is 20.1 Å². The van der Waals surface area contributed by atoms with Crippen LogP contribution in [0.25, 0.3) is 0 Å². The second-order valence-electron chi connectivity index (χ2n) is 24.1. The van der Waals surface area contributed by atoms with Gasteiger partial charge in [-0.1, -0.05) is 74.5 Å². The number of aliphatic imine (C=N–C) groups is 1. The number of rotatable bonds is 42. The lowest BCUT2D eigenvalue weighted by Crippen LogP contribution is -2.60. The number of benzene rings is 2. The van der Waals surface area contributed by atoms with Crippen LogP contribution >= 0.6 is 11.8 Å². The number of amides is 13. The second kappa shape index (κ2) is 41.0. The van der Waals surface area contributed by atoms with Crippen molar-refractivity contribution in [3.63, 3.8) is 0 Å². The molecule has 0 spiro atoms. The van der Waals surface area contributed by atoms with Gasteiger partial charge in [0.2, 0.25) is 76.8 Å². The molecule has 0 bridgehead atoms. The number of unbranched alkanes of at least 4 members (excludes halogenated alkanes) is 1. The Labute approximate surface area is 558 Å². The molecule has 2 heterocycles. The maximum atomic E-state index is 14.7. The van der Waals surface area contributed by atoms with Crippen LogP contribution in [0.1, 0.15) is 121 Å². The summed E-state index contributed by atoms with van der Waals surface area (Å²) in [5.74, 6) is -9.80. The average molecular weight is 1350 g/mol. The number of primary amides is 3. The fourth-order valence-corrected chi connectivity index (χ4v) is 11.5. The Kier molecular flexibility index (Phi) is 33.9. The number of thioether (sulfide) groups is 1. The summed E-state index contributed by atoms with van der Waals surface area (Å²) in [5, 5.41) is 21.1. The molecule has 95 heavy (non-hydrogen) atoms. The highest BCUT2D eigenvalue weighted by Gasteiger charge is 2.42. The molecule has 0 radical (unpaired) electrons. The number of nitrogens with two attached hydrogens (primary N) is 7. The zero-order chi connectivity index (χ0) is 70.1. The van der Waals surface area contributed by atoms with Crippen molar-refractivity contribution in [2.24, 2.45) is 51.0 Å². The summed E-state index contributed by atoms with van der Waals surface area (Å²) in [6.45, 7) is 3.86. The van der Waals surface area contributed by atoms with E-state index in [1.54, 1.807) is 60.7 Å². The molecule has 2 aliphatic rings. The summed E-state index contributed by atoms with van der Waals surface area (Å²) < 4.78 is 0. The first-order chi connectivity index (χ1) is 45.2. The first kappa shape index (κ1) is 78.5. The van der Waals surface area contributed by atoms with E-state index in [4.69, 9.17) is 40.1 Å². The van der Waals surface area contributed by atoms with Crippen LogP contribution < -0.4 is 82.7 Å². The molecule has 2 fully saturated rings. The highest BCUT2D eigenvalue weighted by molar-refractivity contribution is 7.98. The summed E-state index contributed by atoms with van der Waals surface area (Å²) in [6.07, 6.45) is 3.12. The number of hydrogen-bond acceptors (Lipinski definition) is 17. The number of nitrogens with one attached hydrogen (secondary N) is 8. The molecule has 13 amide bonds. The Morgan fingerprint density at radius 2 is 1.01 bits per heavy atom. The highest BCUT2D eigenvalue weighted by Crippen LogP contribution is 2.24. The SMILES string of the molecule is CSCC[C@H](NC(=O)[C@@H](CC(C)C)NC(=O)CNC(=O)[C@@H](Cc1ccccc1)NC(=O)[C@@H](Cc1ccccc1)NC(=O)[C@@H](CCC(N)=O)NC(=O)[C@@H](CCC(N)=O)NC(=O)[C@H]1CCCN1C(=O)[C@@H](CCCCN)NC(=O)[C@H]1CCCN1C(=O)[C@H](N)CCCN=C(N)N)C(N)=O. The first-order valence-corrected chi connectivity index (χ1v) is 33.6. The van der Waals surface area contributed by atoms with Crippen LogP contribution in [0.5, 0.6) is 0 Å². The van der Waals surface area contributed by atoms with Gasteiger partial charge >= 0.3 is 0 Å². The van der Waals surface area contributed by atoms with Crippen molar-refractivity contribution >= 4 is 94.5 Å². The van der Waals surface area contributed by atoms with Gasteiger partial charge in [-0.25, -0.2) is 0 Å². The van der Waals surface area contributed by atoms with Gasteiger partial charge in [-0.05, 0) is 119 Å². The summed E-state index contributed by atoms with van der Waals surface area (Å²) in [5.41, 5.74) is 40.6. The molecule has 524 valence electrons. The number of carbonyl (C=O) groups excluding carboxylic acids is 13. The molecule has 10 atom stereocenters. The van der Waals surface area contributed by atoms with Gasteiger partial charge in [0, 0.05) is 45.3 Å². The molecule has 2 saturated heterocycles. The van der Waals surface area contributed by atoms with Crippen LogP contribution in [0.3, 0.4) is 0 Å². The Morgan fingerprint density at radius 3 is 1.51 bits per heavy atom. The maximum absolute atomic E-state index is 14.7. The van der Waals surface area contributed by atoms with Gasteiger partial charge in [0.25, 0.3) is 0 Å². The zero-order valence-corrected chi connectivity index (χ0v) is 55.3. The van der Waals surface area contributed by atoms with Crippen molar-refractivity contribution in [1.29, 1.82) is 0 Å². The Balaban J connectivity index is 1.56. The smallest absolute Gasteiger partial charge is 0.245 e. The number of likely N-dealkylation sites (tertiary alicyclic amines) is 2. The van der Waals surface area contributed by atoms with E-state index in [2.05, 4.69) is 47.5 Å². The molecule has 2 aliphatic heterocycles. The van der Waals surface area contributed by atoms with Crippen molar-refractivity contribution in [3.05, 3.63) is 71.8 Å². The van der Waals surface area contributed by atoms with E-state index in [1.165, 1.54) is 21.6 Å². The van der Waals surface area contributed by atoms with Gasteiger partial charge in [0.1, 0.15) is 54.4 Å². The summed E-state index contributed by atoms with van der Waals surface area (Å²) in [6, 6.07) is 4.51. The topological polar surface area (TPSA) is 519 Å². The summed E-state index contributed by atoms with van der Waals surface area (Å²) in [4.78, 5) is 185. The van der Waals surface area contributed by atoms with Crippen LogP contribution in [0.4, 0.5) is 0 Å². The lowest BCUT2D eigenvalue weighted by Gasteiger charge is -2.32. The largest absolute Gasteiger partial charge is 0.370 e. The molecular formula is C63H98N18O13S. The van der Waals surface area contributed by atoms with Crippen LogP contribution in [-0.2, 0) is 75.2 Å². The molecule has 0 saturated carbocycles. The molecule has 31 nitrogen and oxygen atoms in total. The van der Waals surface area contributed by atoms with Crippen molar-refractivity contribution in [1.82, 2.24) is 52.3 Å². The quantitative estimate of drug-likeness (QED) is 0.0173.